The van der Waals surface area contributed by atoms with E-state index in [0.29, 0.717) is 5.92 Å². The average molecular weight is 173 g/mol. The van der Waals surface area contributed by atoms with Crippen LogP contribution in [0.25, 0.3) is 0 Å². The zero-order chi connectivity index (χ0) is 8.89. The summed E-state index contributed by atoms with van der Waals surface area (Å²) >= 11 is 0. The lowest BCUT2D eigenvalue weighted by Crippen LogP contribution is -2.08. The van der Waals surface area contributed by atoms with E-state index in [2.05, 4.69) is 29.4 Å². The number of hydrogen-bond acceptors (Lipinski definition) is 2. The third-order valence-electron chi connectivity index (χ3n) is 3.03. The van der Waals surface area contributed by atoms with Gasteiger partial charge >= 0.3 is 0 Å². The Balaban J connectivity index is 1.99. The van der Waals surface area contributed by atoms with E-state index in [-0.39, 0.29) is 5.60 Å². The zero-order valence-electron chi connectivity index (χ0n) is 7.53. The highest BCUT2D eigenvalue weighted by Crippen LogP contribution is 2.59. The van der Waals surface area contributed by atoms with Crippen molar-refractivity contribution in [2.75, 3.05) is 0 Å². The van der Waals surface area contributed by atoms with E-state index in [4.69, 9.17) is 4.84 Å². The topological polar surface area (TPSA) is 21.6 Å². The first-order valence-electron chi connectivity index (χ1n) is 4.61. The molecule has 0 amide bonds. The lowest BCUT2D eigenvalue weighted by molar-refractivity contribution is 0.0449. The van der Waals surface area contributed by atoms with Gasteiger partial charge in [-0.1, -0.05) is 35.5 Å². The van der Waals surface area contributed by atoms with Gasteiger partial charge in [0, 0.05) is 6.42 Å². The standard InChI is InChI=1S/C11H11NO/c1-8-10-7-11(10,13-12-8)9-5-3-2-4-6-9/h2-6,10H,7H2,1H3. The molecule has 0 radical (unpaired) electrons. The minimum atomic E-state index is -0.0780. The number of rotatable bonds is 1. The van der Waals surface area contributed by atoms with Crippen molar-refractivity contribution >= 4 is 5.71 Å². The smallest absolute Gasteiger partial charge is 0.171 e. The molecule has 0 spiro atoms. The first-order valence-corrected chi connectivity index (χ1v) is 4.61. The second-order valence-electron chi connectivity index (χ2n) is 3.84. The maximum Gasteiger partial charge on any atom is 0.171 e. The number of nitrogens with zero attached hydrogens (tertiary/aromatic N) is 1. The molecule has 0 saturated heterocycles. The van der Waals surface area contributed by atoms with Gasteiger partial charge in [0.15, 0.2) is 5.60 Å². The molecule has 3 rings (SSSR count). The molecule has 0 N–H and O–H groups in total. The van der Waals surface area contributed by atoms with Gasteiger partial charge in [-0.05, 0) is 12.5 Å². The molecule has 2 atom stereocenters. The van der Waals surface area contributed by atoms with Crippen LogP contribution in [-0.2, 0) is 10.4 Å². The van der Waals surface area contributed by atoms with E-state index in [1.165, 1.54) is 5.56 Å². The minimum Gasteiger partial charge on any atom is -0.384 e. The quantitative estimate of drug-likeness (QED) is 0.638. The van der Waals surface area contributed by atoms with E-state index in [1.54, 1.807) is 0 Å². The zero-order valence-corrected chi connectivity index (χ0v) is 7.53. The highest BCUT2D eigenvalue weighted by Gasteiger charge is 2.63. The Morgan fingerprint density at radius 3 is 2.69 bits per heavy atom. The molecule has 1 aliphatic carbocycles. The first kappa shape index (κ1) is 7.13. The summed E-state index contributed by atoms with van der Waals surface area (Å²) < 4.78 is 0. The van der Waals surface area contributed by atoms with Gasteiger partial charge in [-0.15, -0.1) is 0 Å². The van der Waals surface area contributed by atoms with Crippen LogP contribution in [0.15, 0.2) is 35.5 Å². The molecule has 1 saturated carbocycles. The van der Waals surface area contributed by atoms with Crippen LogP contribution in [0.4, 0.5) is 0 Å². The van der Waals surface area contributed by atoms with Crippen LogP contribution in [0.5, 0.6) is 0 Å². The van der Waals surface area contributed by atoms with Crippen LogP contribution in [0.2, 0.25) is 0 Å². The monoisotopic (exact) mass is 173 g/mol. The molecule has 2 aliphatic rings. The Kier molecular flexibility index (Phi) is 1.17. The van der Waals surface area contributed by atoms with Crippen LogP contribution in [0.1, 0.15) is 18.9 Å². The maximum absolute atomic E-state index is 5.50. The Morgan fingerprint density at radius 1 is 1.38 bits per heavy atom. The molecule has 1 fully saturated rings. The van der Waals surface area contributed by atoms with Crippen LogP contribution in [0.3, 0.4) is 0 Å². The molecule has 2 unspecified atom stereocenters. The van der Waals surface area contributed by atoms with Gasteiger partial charge in [-0.25, -0.2) is 0 Å². The molecule has 1 aromatic rings. The Hall–Kier alpha value is -1.31. The Bertz CT molecular complexity index is 371. The van der Waals surface area contributed by atoms with E-state index in [0.717, 1.165) is 12.1 Å². The molecule has 0 aromatic heterocycles. The van der Waals surface area contributed by atoms with Crippen molar-refractivity contribution < 1.29 is 4.84 Å². The van der Waals surface area contributed by atoms with E-state index < -0.39 is 0 Å². The van der Waals surface area contributed by atoms with Gasteiger partial charge in [0.1, 0.15) is 0 Å². The van der Waals surface area contributed by atoms with Crippen molar-refractivity contribution in [1.82, 2.24) is 0 Å². The van der Waals surface area contributed by atoms with Crippen LogP contribution < -0.4 is 0 Å². The van der Waals surface area contributed by atoms with Crippen LogP contribution in [-0.4, -0.2) is 5.71 Å². The van der Waals surface area contributed by atoms with Crippen LogP contribution >= 0.6 is 0 Å². The largest absolute Gasteiger partial charge is 0.384 e. The third-order valence-corrected chi connectivity index (χ3v) is 3.03. The van der Waals surface area contributed by atoms with Crippen molar-refractivity contribution in [3.8, 4) is 0 Å². The third kappa shape index (κ3) is 0.804. The SMILES string of the molecule is CC1=NOC2(c3ccccc3)CC12. The molecule has 13 heavy (non-hydrogen) atoms. The summed E-state index contributed by atoms with van der Waals surface area (Å²) in [6.45, 7) is 2.04. The number of benzene rings is 1. The highest BCUT2D eigenvalue weighted by atomic mass is 16.7. The number of hydrogen-bond donors (Lipinski definition) is 0. The predicted octanol–water partition coefficient (Wildman–Crippen LogP) is 2.31. The van der Waals surface area contributed by atoms with Gasteiger partial charge in [-0.3, -0.25) is 0 Å². The Labute approximate surface area is 77.2 Å². The van der Waals surface area contributed by atoms with Crippen molar-refractivity contribution in [1.29, 1.82) is 0 Å². The second-order valence-corrected chi connectivity index (χ2v) is 3.84. The van der Waals surface area contributed by atoms with Gasteiger partial charge in [0.25, 0.3) is 0 Å². The van der Waals surface area contributed by atoms with E-state index in [9.17, 15) is 0 Å². The molecule has 2 heteroatoms. The maximum atomic E-state index is 5.50. The summed E-state index contributed by atoms with van der Waals surface area (Å²) in [6, 6.07) is 10.4. The fourth-order valence-electron chi connectivity index (χ4n) is 2.14. The van der Waals surface area contributed by atoms with Crippen molar-refractivity contribution in [3.63, 3.8) is 0 Å². The molecular formula is C11H11NO. The summed E-state index contributed by atoms with van der Waals surface area (Å²) in [6.07, 6.45) is 1.10. The lowest BCUT2D eigenvalue weighted by Gasteiger charge is -2.10. The van der Waals surface area contributed by atoms with E-state index >= 15 is 0 Å². The fourth-order valence-corrected chi connectivity index (χ4v) is 2.14. The summed E-state index contributed by atoms with van der Waals surface area (Å²) in [5.41, 5.74) is 2.33. The van der Waals surface area contributed by atoms with Gasteiger partial charge < -0.3 is 4.84 Å². The second kappa shape index (κ2) is 2.13. The van der Waals surface area contributed by atoms with Gasteiger partial charge in [0.05, 0.1) is 11.6 Å². The van der Waals surface area contributed by atoms with Crippen molar-refractivity contribution in [3.05, 3.63) is 35.9 Å². The summed E-state index contributed by atoms with van der Waals surface area (Å²) in [4.78, 5) is 5.50. The summed E-state index contributed by atoms with van der Waals surface area (Å²) in [5.74, 6) is 0.537. The van der Waals surface area contributed by atoms with Crippen LogP contribution in [0, 0.1) is 5.92 Å². The lowest BCUT2D eigenvalue weighted by atomic mass is 10.0. The average Bonchev–Trinajstić information content (AvgIpc) is 2.85. The van der Waals surface area contributed by atoms with Crippen molar-refractivity contribution in [2.24, 2.45) is 11.1 Å². The molecule has 1 heterocycles. The summed E-state index contributed by atoms with van der Waals surface area (Å²) in [7, 11) is 0. The number of fused-ring (bicyclic) bond motifs is 1. The van der Waals surface area contributed by atoms with Gasteiger partial charge in [-0.2, -0.15) is 0 Å². The predicted molar refractivity (Wildman–Crippen MR) is 50.4 cm³/mol. The summed E-state index contributed by atoms with van der Waals surface area (Å²) in [5, 5.41) is 4.03. The van der Waals surface area contributed by atoms with Crippen molar-refractivity contribution in [2.45, 2.75) is 18.9 Å². The number of oxime groups is 1. The van der Waals surface area contributed by atoms with E-state index in [1.807, 2.05) is 13.0 Å². The molecule has 0 bridgehead atoms. The highest BCUT2D eigenvalue weighted by molar-refractivity contribution is 5.90. The molecule has 1 aromatic carbocycles. The molecular weight excluding hydrogens is 162 g/mol. The molecule has 66 valence electrons. The van der Waals surface area contributed by atoms with Gasteiger partial charge in [0.2, 0.25) is 0 Å². The first-order chi connectivity index (χ1) is 6.33. The molecule has 2 nitrogen and oxygen atoms in total. The normalized spacial score (nSPS) is 34.8. The minimum absolute atomic E-state index is 0.0780. The fraction of sp³-hybridized carbons (Fsp3) is 0.364. The Morgan fingerprint density at radius 2 is 2.15 bits per heavy atom. The molecule has 1 aliphatic heterocycles.